The van der Waals surface area contributed by atoms with Gasteiger partial charge in [0.15, 0.2) is 0 Å². The fraction of sp³-hybridized carbons (Fsp3) is 0.0357. The van der Waals surface area contributed by atoms with Gasteiger partial charge in [-0.15, -0.1) is 0 Å². The molecule has 0 aliphatic carbocycles. The Morgan fingerprint density at radius 1 is 0.889 bits per heavy atom. The number of para-hydroxylation sites is 1. The Balaban J connectivity index is 1.39. The zero-order chi connectivity index (χ0) is 25.2. The first kappa shape index (κ1) is 24.1. The van der Waals surface area contributed by atoms with E-state index < -0.39 is 17.1 Å². The van der Waals surface area contributed by atoms with E-state index >= 15 is 0 Å². The summed E-state index contributed by atoms with van der Waals surface area (Å²) in [5, 5.41) is 2.05. The second-order valence-corrected chi connectivity index (χ2v) is 9.78. The zero-order valence-electron chi connectivity index (χ0n) is 18.6. The average molecular weight is 534 g/mol. The third-order valence-corrected chi connectivity index (χ3v) is 7.26. The van der Waals surface area contributed by atoms with Crippen LogP contribution >= 0.6 is 35.0 Å². The maximum Gasteiger partial charge on any atom is 0.344 e. The highest BCUT2D eigenvalue weighted by Gasteiger charge is 2.35. The number of nitrogens with zero attached hydrogens (tertiary/aromatic N) is 1. The lowest BCUT2D eigenvalue weighted by molar-refractivity contribution is -0.123. The van der Waals surface area contributed by atoms with Crippen molar-refractivity contribution >= 4 is 68.9 Å². The third kappa shape index (κ3) is 4.88. The first-order valence-corrected chi connectivity index (χ1v) is 12.5. The van der Waals surface area contributed by atoms with E-state index in [9.17, 15) is 14.4 Å². The summed E-state index contributed by atoms with van der Waals surface area (Å²) in [5.41, 5.74) is 1.62. The van der Waals surface area contributed by atoms with Crippen molar-refractivity contribution in [3.63, 3.8) is 0 Å². The monoisotopic (exact) mass is 533 g/mol. The summed E-state index contributed by atoms with van der Waals surface area (Å²) in [7, 11) is 0. The van der Waals surface area contributed by atoms with Gasteiger partial charge in [-0.2, -0.15) is 0 Å². The van der Waals surface area contributed by atoms with Crippen LogP contribution in [0.2, 0.25) is 10.0 Å². The quantitative estimate of drug-likeness (QED) is 0.150. The van der Waals surface area contributed by atoms with Crippen LogP contribution < -0.4 is 4.74 Å². The Bertz CT molecular complexity index is 1560. The van der Waals surface area contributed by atoms with Crippen molar-refractivity contribution in [2.45, 2.75) is 6.54 Å². The minimum Gasteiger partial charge on any atom is -0.422 e. The van der Waals surface area contributed by atoms with Crippen LogP contribution in [0, 0.1) is 0 Å². The number of hydrogen-bond acceptors (Lipinski definition) is 5. The van der Waals surface area contributed by atoms with Crippen LogP contribution in [-0.4, -0.2) is 22.0 Å². The molecule has 5 rings (SSSR count). The van der Waals surface area contributed by atoms with Gasteiger partial charge in [-0.25, -0.2) is 4.79 Å². The average Bonchev–Trinajstić information content (AvgIpc) is 3.14. The van der Waals surface area contributed by atoms with Crippen molar-refractivity contribution < 1.29 is 19.1 Å². The number of benzene rings is 4. The van der Waals surface area contributed by atoms with E-state index in [1.165, 1.54) is 0 Å². The summed E-state index contributed by atoms with van der Waals surface area (Å²) in [4.78, 5) is 40.0. The van der Waals surface area contributed by atoms with Crippen LogP contribution in [0.1, 0.15) is 21.5 Å². The molecule has 1 aliphatic heterocycles. The first-order chi connectivity index (χ1) is 17.4. The minimum atomic E-state index is -0.514. The van der Waals surface area contributed by atoms with E-state index in [-0.39, 0.29) is 17.2 Å². The molecule has 36 heavy (non-hydrogen) atoms. The lowest BCUT2D eigenvalue weighted by Gasteiger charge is -2.13. The molecular formula is C28H17Cl2NO4S. The molecule has 4 aromatic rings. The highest BCUT2D eigenvalue weighted by molar-refractivity contribution is 8.18. The number of fused-ring (bicyclic) bond motifs is 1. The van der Waals surface area contributed by atoms with Crippen LogP contribution in [0.15, 0.2) is 89.8 Å². The van der Waals surface area contributed by atoms with Gasteiger partial charge in [0.2, 0.25) is 0 Å². The molecular weight excluding hydrogens is 517 g/mol. The largest absolute Gasteiger partial charge is 0.422 e. The number of imide groups is 1. The predicted octanol–water partition coefficient (Wildman–Crippen LogP) is 7.60. The molecule has 8 heteroatoms. The van der Waals surface area contributed by atoms with Crippen LogP contribution in [0.25, 0.3) is 16.8 Å². The van der Waals surface area contributed by atoms with E-state index in [1.807, 2.05) is 30.3 Å². The van der Waals surface area contributed by atoms with Gasteiger partial charge in [0.1, 0.15) is 5.75 Å². The summed E-state index contributed by atoms with van der Waals surface area (Å²) >= 11 is 12.9. The topological polar surface area (TPSA) is 63.7 Å². The number of ether oxygens (including phenoxy) is 1. The Kier molecular flexibility index (Phi) is 6.83. The molecule has 0 radical (unpaired) electrons. The normalized spacial score (nSPS) is 14.6. The molecule has 0 bridgehead atoms. The summed E-state index contributed by atoms with van der Waals surface area (Å²) in [5.74, 6) is -0.668. The van der Waals surface area contributed by atoms with Gasteiger partial charge in [0.25, 0.3) is 11.1 Å². The van der Waals surface area contributed by atoms with Gasteiger partial charge in [0.05, 0.1) is 27.1 Å². The summed E-state index contributed by atoms with van der Waals surface area (Å²) in [6.07, 6.45) is 1.56. The van der Waals surface area contributed by atoms with Gasteiger partial charge >= 0.3 is 5.97 Å². The number of halogens is 2. The predicted molar refractivity (Wildman–Crippen MR) is 143 cm³/mol. The zero-order valence-corrected chi connectivity index (χ0v) is 20.9. The van der Waals surface area contributed by atoms with Gasteiger partial charge in [0, 0.05) is 5.56 Å². The van der Waals surface area contributed by atoms with E-state index in [4.69, 9.17) is 27.9 Å². The smallest absolute Gasteiger partial charge is 0.344 e. The fourth-order valence-corrected chi connectivity index (χ4v) is 5.00. The van der Waals surface area contributed by atoms with E-state index in [1.54, 1.807) is 60.7 Å². The number of hydrogen-bond donors (Lipinski definition) is 0. The molecule has 0 atom stereocenters. The molecule has 4 aromatic carbocycles. The van der Waals surface area contributed by atoms with Crippen molar-refractivity contribution in [3.05, 3.63) is 117 Å². The van der Waals surface area contributed by atoms with Crippen LogP contribution in [0.4, 0.5) is 4.79 Å². The summed E-state index contributed by atoms with van der Waals surface area (Å²) in [6, 6.07) is 24.8. The van der Waals surface area contributed by atoms with Crippen molar-refractivity contribution in [2.75, 3.05) is 0 Å². The fourth-order valence-electron chi connectivity index (χ4n) is 3.85. The molecule has 178 valence electrons. The number of esters is 1. The number of thioether (sulfide) groups is 1. The Morgan fingerprint density at radius 2 is 1.64 bits per heavy atom. The molecule has 1 fully saturated rings. The first-order valence-electron chi connectivity index (χ1n) is 10.9. The maximum atomic E-state index is 13.0. The van der Waals surface area contributed by atoms with Gasteiger partial charge in [-0.3, -0.25) is 14.5 Å². The van der Waals surface area contributed by atoms with Crippen LogP contribution in [0.5, 0.6) is 5.75 Å². The molecule has 1 saturated heterocycles. The minimum absolute atomic E-state index is 0.0661. The van der Waals surface area contributed by atoms with Gasteiger partial charge in [-0.1, -0.05) is 83.9 Å². The molecule has 1 heterocycles. The van der Waals surface area contributed by atoms with Crippen molar-refractivity contribution in [1.82, 2.24) is 4.90 Å². The Labute approximate surface area is 221 Å². The molecule has 0 aromatic heterocycles. The highest BCUT2D eigenvalue weighted by Crippen LogP contribution is 2.35. The number of rotatable bonds is 5. The van der Waals surface area contributed by atoms with E-state index in [0.717, 1.165) is 27.4 Å². The summed E-state index contributed by atoms with van der Waals surface area (Å²) in [6.45, 7) is 0.0661. The lowest BCUT2D eigenvalue weighted by atomic mass is 10.0. The third-order valence-electron chi connectivity index (χ3n) is 5.62. The molecule has 5 nitrogen and oxygen atoms in total. The van der Waals surface area contributed by atoms with Crippen molar-refractivity contribution in [2.24, 2.45) is 0 Å². The Hall–Kier alpha value is -3.58. The van der Waals surface area contributed by atoms with Crippen LogP contribution in [-0.2, 0) is 11.3 Å². The summed E-state index contributed by atoms with van der Waals surface area (Å²) < 4.78 is 5.73. The molecule has 0 unspecified atom stereocenters. The van der Waals surface area contributed by atoms with E-state index in [2.05, 4.69) is 0 Å². The maximum absolute atomic E-state index is 13.0. The Morgan fingerprint density at radius 3 is 2.47 bits per heavy atom. The van der Waals surface area contributed by atoms with Crippen molar-refractivity contribution in [3.8, 4) is 5.75 Å². The molecule has 0 saturated carbocycles. The van der Waals surface area contributed by atoms with Crippen molar-refractivity contribution in [1.29, 1.82) is 0 Å². The standard InChI is InChI=1S/C28H17Cl2NO4S/c29-22-13-12-17(14-23(22)30)16-31-26(32)25(36-28(31)34)15-19-7-2-4-11-24(19)35-27(33)21-10-5-8-18-6-1-3-9-20(18)21/h1-15H,16H2/b25-15-. The second kappa shape index (κ2) is 10.2. The number of carbonyl (C=O) groups is 3. The molecule has 2 amide bonds. The van der Waals surface area contributed by atoms with E-state index in [0.29, 0.717) is 26.7 Å². The van der Waals surface area contributed by atoms with Gasteiger partial charge < -0.3 is 4.74 Å². The SMILES string of the molecule is O=C(Oc1ccccc1/C=C1\SC(=O)N(Cc2ccc(Cl)c(Cl)c2)C1=O)c1cccc2ccccc12. The number of amides is 2. The van der Waals surface area contributed by atoms with Crippen LogP contribution in [0.3, 0.4) is 0 Å². The molecule has 0 N–H and O–H groups in total. The molecule has 1 aliphatic rings. The van der Waals surface area contributed by atoms with Gasteiger partial charge in [-0.05, 0) is 58.4 Å². The highest BCUT2D eigenvalue weighted by atomic mass is 35.5. The second-order valence-electron chi connectivity index (χ2n) is 7.97. The number of carbonyl (C=O) groups excluding carboxylic acids is 3. The lowest BCUT2D eigenvalue weighted by Crippen LogP contribution is -2.27. The molecule has 0 spiro atoms.